The van der Waals surface area contributed by atoms with Crippen molar-refractivity contribution in [3.63, 3.8) is 0 Å². The molecule has 0 bridgehead atoms. The van der Waals surface area contributed by atoms with Gasteiger partial charge in [0.1, 0.15) is 28.2 Å². The Morgan fingerprint density at radius 2 is 1.69 bits per heavy atom. The molecule has 2 heterocycles. The summed E-state index contributed by atoms with van der Waals surface area (Å²) in [5, 5.41) is 52.0. The number of phenols is 4. The van der Waals surface area contributed by atoms with Gasteiger partial charge in [-0.3, -0.25) is 9.59 Å². The van der Waals surface area contributed by atoms with Gasteiger partial charge in [-0.1, -0.05) is 18.2 Å². The summed E-state index contributed by atoms with van der Waals surface area (Å²) in [6.45, 7) is 1.01. The molecule has 0 unspecified atom stereocenters. The highest BCUT2D eigenvalue weighted by Crippen LogP contribution is 2.46. The number of hydrogen-bond acceptors (Lipinski definition) is 12. The first-order valence-electron chi connectivity index (χ1n) is 15.0. The van der Waals surface area contributed by atoms with Crippen LogP contribution in [0.25, 0.3) is 22.3 Å². The molecule has 0 amide bonds. The van der Waals surface area contributed by atoms with E-state index in [0.717, 1.165) is 41.5 Å². The molecule has 5 aromatic rings. The monoisotopic (exact) mass is 656 g/mol. The van der Waals surface area contributed by atoms with Gasteiger partial charge in [0.2, 0.25) is 11.2 Å². The summed E-state index contributed by atoms with van der Waals surface area (Å²) < 4.78 is 28.2. The molecule has 12 heteroatoms. The summed E-state index contributed by atoms with van der Waals surface area (Å²) in [4.78, 5) is 26.1. The Morgan fingerprint density at radius 3 is 2.44 bits per heavy atom. The number of benzene rings is 4. The van der Waals surface area contributed by atoms with Gasteiger partial charge in [0.15, 0.2) is 28.8 Å². The number of aromatic hydroxyl groups is 5. The second-order valence-corrected chi connectivity index (χ2v) is 11.2. The Hall–Kier alpha value is -6.04. The van der Waals surface area contributed by atoms with Crippen molar-refractivity contribution in [1.82, 2.24) is 0 Å². The predicted molar refractivity (Wildman–Crippen MR) is 173 cm³/mol. The van der Waals surface area contributed by atoms with E-state index in [9.17, 15) is 35.1 Å². The average molecular weight is 657 g/mol. The van der Waals surface area contributed by atoms with Crippen LogP contribution < -0.4 is 19.6 Å². The molecule has 12 nitrogen and oxygen atoms in total. The number of carbonyl (C=O) groups is 1. The fourth-order valence-corrected chi connectivity index (χ4v) is 5.87. The van der Waals surface area contributed by atoms with Crippen molar-refractivity contribution in [3.8, 4) is 57.3 Å². The summed E-state index contributed by atoms with van der Waals surface area (Å²) in [6, 6.07) is 15.4. The van der Waals surface area contributed by atoms with E-state index in [1.54, 1.807) is 18.2 Å². The van der Waals surface area contributed by atoms with Crippen molar-refractivity contribution in [2.45, 2.75) is 25.2 Å². The van der Waals surface area contributed by atoms with Gasteiger partial charge in [-0.05, 0) is 53.1 Å². The molecule has 0 saturated heterocycles. The van der Waals surface area contributed by atoms with Crippen LogP contribution in [0.5, 0.6) is 46.0 Å². The van der Waals surface area contributed by atoms with Crippen molar-refractivity contribution < 1.29 is 53.7 Å². The van der Waals surface area contributed by atoms with E-state index in [4.69, 9.17) is 23.4 Å². The van der Waals surface area contributed by atoms with Crippen LogP contribution in [0.2, 0.25) is 0 Å². The normalized spacial score (nSPS) is 12.7. The summed E-state index contributed by atoms with van der Waals surface area (Å²) >= 11 is 0. The number of methoxy groups -OCH3 is 2. The average Bonchev–Trinajstić information content (AvgIpc) is 3.55. The standard InChI is InChI=1S/C36H32O12/c1-44-29-15-19(5-8-28(29)47-11-9-18-3-7-27-20(13-18)10-12-46-27)22(16-30(41)45-2)31-25(39)17-26(40)32-33(42)34(43)35(48-36(31)32)21-4-6-23(37)24(38)14-21/h3-8,13-15,17,22,37-40,43H,9-12,16H2,1-2H3/t22-/m1/s1. The Morgan fingerprint density at radius 1 is 0.875 bits per heavy atom. The Labute approximate surface area is 273 Å². The molecule has 1 aliphatic rings. The zero-order valence-corrected chi connectivity index (χ0v) is 26.0. The first kappa shape index (κ1) is 31.9. The van der Waals surface area contributed by atoms with Crippen LogP contribution in [0.3, 0.4) is 0 Å². The molecule has 0 spiro atoms. The van der Waals surface area contributed by atoms with Crippen molar-refractivity contribution in [3.05, 3.63) is 93.1 Å². The molecule has 1 atom stereocenters. The minimum atomic E-state index is -1.04. The number of ether oxygens (including phenoxy) is 4. The number of fused-ring (bicyclic) bond motifs is 2. The molecular formula is C36H32O12. The maximum atomic E-state index is 13.4. The van der Waals surface area contributed by atoms with Crippen molar-refractivity contribution >= 4 is 16.9 Å². The third-order valence-electron chi connectivity index (χ3n) is 8.32. The van der Waals surface area contributed by atoms with Gasteiger partial charge in [0.05, 0.1) is 33.9 Å². The Kier molecular flexibility index (Phi) is 8.64. The van der Waals surface area contributed by atoms with E-state index < -0.39 is 57.2 Å². The van der Waals surface area contributed by atoms with Gasteiger partial charge < -0.3 is 48.9 Å². The molecule has 4 aromatic carbocycles. The van der Waals surface area contributed by atoms with Gasteiger partial charge >= 0.3 is 5.97 Å². The molecule has 6 rings (SSSR count). The lowest BCUT2D eigenvalue weighted by Gasteiger charge is -2.22. The molecule has 1 aliphatic heterocycles. The van der Waals surface area contributed by atoms with Gasteiger partial charge in [0, 0.05) is 36.0 Å². The third kappa shape index (κ3) is 5.95. The van der Waals surface area contributed by atoms with Crippen molar-refractivity contribution in [2.24, 2.45) is 0 Å². The number of rotatable bonds is 10. The predicted octanol–water partition coefficient (Wildman–Crippen LogP) is 5.25. The largest absolute Gasteiger partial charge is 0.507 e. The molecule has 0 aliphatic carbocycles. The number of esters is 1. The minimum Gasteiger partial charge on any atom is -0.507 e. The minimum absolute atomic E-state index is 0.0106. The van der Waals surface area contributed by atoms with Crippen LogP contribution >= 0.6 is 0 Å². The molecule has 0 saturated carbocycles. The first-order chi connectivity index (χ1) is 23.1. The third-order valence-corrected chi connectivity index (χ3v) is 8.32. The van der Waals surface area contributed by atoms with Crippen LogP contribution in [-0.4, -0.2) is 58.9 Å². The van der Waals surface area contributed by atoms with E-state index in [2.05, 4.69) is 6.07 Å². The van der Waals surface area contributed by atoms with Gasteiger partial charge in [0.25, 0.3) is 0 Å². The summed E-state index contributed by atoms with van der Waals surface area (Å²) in [7, 11) is 2.66. The SMILES string of the molecule is COC(=O)C[C@H](c1ccc(OCCc2ccc3c(c2)CCO3)c(OC)c1)c1c(O)cc(O)c2c(=O)c(O)c(-c3ccc(O)c(O)c3)oc12. The topological polar surface area (TPSA) is 185 Å². The quantitative estimate of drug-likeness (QED) is 0.0973. The number of phenolic OH excluding ortho intramolecular Hbond substituents is 4. The van der Waals surface area contributed by atoms with Gasteiger partial charge in [-0.15, -0.1) is 0 Å². The summed E-state index contributed by atoms with van der Waals surface area (Å²) in [5.41, 5.74) is 1.28. The molecule has 248 valence electrons. The second-order valence-electron chi connectivity index (χ2n) is 11.2. The van der Waals surface area contributed by atoms with E-state index in [1.165, 1.54) is 20.3 Å². The molecule has 5 N–H and O–H groups in total. The smallest absolute Gasteiger partial charge is 0.306 e. The molecule has 0 fully saturated rings. The molecule has 48 heavy (non-hydrogen) atoms. The molecule has 1 aromatic heterocycles. The van der Waals surface area contributed by atoms with Crippen LogP contribution in [0.15, 0.2) is 69.9 Å². The number of hydrogen-bond donors (Lipinski definition) is 5. The summed E-state index contributed by atoms with van der Waals surface area (Å²) in [6.07, 6.45) is 1.16. The Balaban J connectivity index is 1.41. The van der Waals surface area contributed by atoms with E-state index in [-0.39, 0.29) is 23.1 Å². The number of carbonyl (C=O) groups excluding carboxylic acids is 1. The molecular weight excluding hydrogens is 624 g/mol. The van der Waals surface area contributed by atoms with Crippen molar-refractivity contribution in [2.75, 3.05) is 27.4 Å². The van der Waals surface area contributed by atoms with E-state index in [1.807, 2.05) is 12.1 Å². The lowest BCUT2D eigenvalue weighted by Crippen LogP contribution is -2.13. The highest BCUT2D eigenvalue weighted by molar-refractivity contribution is 5.92. The maximum absolute atomic E-state index is 13.4. The highest BCUT2D eigenvalue weighted by Gasteiger charge is 2.30. The Bertz CT molecular complexity index is 2100. The van der Waals surface area contributed by atoms with Crippen LogP contribution in [0.1, 0.15) is 34.6 Å². The molecule has 0 radical (unpaired) electrons. The van der Waals surface area contributed by atoms with E-state index in [0.29, 0.717) is 36.7 Å². The maximum Gasteiger partial charge on any atom is 0.306 e. The lowest BCUT2D eigenvalue weighted by atomic mass is 9.86. The second kappa shape index (κ2) is 13.0. The zero-order valence-electron chi connectivity index (χ0n) is 26.0. The fraction of sp³-hybridized carbons (Fsp3) is 0.222. The van der Waals surface area contributed by atoms with Gasteiger partial charge in [-0.2, -0.15) is 0 Å². The van der Waals surface area contributed by atoms with Crippen LogP contribution in [0, 0.1) is 0 Å². The lowest BCUT2D eigenvalue weighted by molar-refractivity contribution is -0.140. The fourth-order valence-electron chi connectivity index (χ4n) is 5.87. The van der Waals surface area contributed by atoms with Crippen LogP contribution in [0.4, 0.5) is 0 Å². The van der Waals surface area contributed by atoms with Gasteiger partial charge in [-0.25, -0.2) is 0 Å². The summed E-state index contributed by atoms with van der Waals surface area (Å²) in [5.74, 6) is -3.52. The highest BCUT2D eigenvalue weighted by atomic mass is 16.5. The van der Waals surface area contributed by atoms with E-state index >= 15 is 0 Å². The van der Waals surface area contributed by atoms with Crippen LogP contribution in [-0.2, 0) is 22.4 Å². The zero-order chi connectivity index (χ0) is 34.1. The van der Waals surface area contributed by atoms with Crippen molar-refractivity contribution in [1.29, 1.82) is 0 Å². The first-order valence-corrected chi connectivity index (χ1v) is 15.0.